The van der Waals surface area contributed by atoms with E-state index in [1.807, 2.05) is 0 Å². The Balaban J connectivity index is 4.64. The average molecular weight is 880 g/mol. The van der Waals surface area contributed by atoms with E-state index in [-0.39, 0.29) is 24.9 Å². The minimum absolute atomic E-state index is 0.0598. The summed E-state index contributed by atoms with van der Waals surface area (Å²) in [6.45, 7) is 6.40. The third-order valence-corrected chi connectivity index (χ3v) is 11.9. The van der Waals surface area contributed by atoms with Crippen LogP contribution in [0.4, 0.5) is 0 Å². The Morgan fingerprint density at radius 2 is 0.873 bits per heavy atom. The van der Waals surface area contributed by atoms with Gasteiger partial charge in [-0.1, -0.05) is 229 Å². The van der Waals surface area contributed by atoms with Crippen LogP contribution in [0.2, 0.25) is 0 Å². The first kappa shape index (κ1) is 60.3. The minimum atomic E-state index is -0.796. The third kappa shape index (κ3) is 45.7. The van der Waals surface area contributed by atoms with Crippen LogP contribution in [0.15, 0.2) is 72.9 Å². The molecule has 0 rings (SSSR count). The molecule has 0 saturated heterocycles. The standard InChI is InChI=1S/C57H101NO5/c1-4-7-10-13-16-19-21-23-25-27-29-31-33-35-38-41-44-47-50-57(62)63-53(48-45-42-39-37-34-32-30-28-26-24-22-20-17-14-11-8-5-2)51-56(61)58-54(52-59)55(60)49-46-43-40-36-18-15-12-9-6-3/h16-17,19-21,23-27,29,31,53-55,59-60H,4-15,18,22,28,30,32-52H2,1-3H3,(H,58,61)/b19-16+,20-17-,23-21+,26-24-,27-25+,31-29+. The predicted octanol–water partition coefficient (Wildman–Crippen LogP) is 16.2. The molecule has 364 valence electrons. The van der Waals surface area contributed by atoms with Gasteiger partial charge in [0.2, 0.25) is 5.91 Å². The predicted molar refractivity (Wildman–Crippen MR) is 273 cm³/mol. The Labute approximate surface area is 390 Å². The molecule has 0 aromatic rings. The highest BCUT2D eigenvalue weighted by Gasteiger charge is 2.24. The van der Waals surface area contributed by atoms with E-state index >= 15 is 0 Å². The molecule has 3 atom stereocenters. The van der Waals surface area contributed by atoms with Crippen molar-refractivity contribution in [1.29, 1.82) is 0 Å². The first-order valence-electron chi connectivity index (χ1n) is 26.7. The normalized spacial score (nSPS) is 13.8. The summed E-state index contributed by atoms with van der Waals surface area (Å²) in [6.07, 6.45) is 63.8. The van der Waals surface area contributed by atoms with Crippen LogP contribution in [0, 0.1) is 0 Å². The molecule has 0 heterocycles. The molecule has 6 nitrogen and oxygen atoms in total. The quantitative estimate of drug-likeness (QED) is 0.0245. The fraction of sp³-hybridized carbons (Fsp3) is 0.754. The maximum Gasteiger partial charge on any atom is 0.306 e. The average Bonchev–Trinajstić information content (AvgIpc) is 3.28. The Morgan fingerprint density at radius 1 is 0.476 bits per heavy atom. The van der Waals surface area contributed by atoms with Crippen molar-refractivity contribution in [2.45, 2.75) is 270 Å². The molecule has 0 bridgehead atoms. The number of nitrogens with one attached hydrogen (secondary N) is 1. The van der Waals surface area contributed by atoms with Crippen molar-refractivity contribution >= 4 is 11.9 Å². The number of unbranched alkanes of at least 4 members (excludes halogenated alkanes) is 26. The summed E-state index contributed by atoms with van der Waals surface area (Å²) >= 11 is 0. The van der Waals surface area contributed by atoms with E-state index in [1.54, 1.807) is 0 Å². The van der Waals surface area contributed by atoms with Crippen LogP contribution in [0.1, 0.15) is 252 Å². The van der Waals surface area contributed by atoms with Crippen LogP contribution in [-0.4, -0.2) is 46.9 Å². The van der Waals surface area contributed by atoms with Gasteiger partial charge in [0.15, 0.2) is 0 Å². The third-order valence-electron chi connectivity index (χ3n) is 11.9. The molecule has 6 heteroatoms. The smallest absolute Gasteiger partial charge is 0.306 e. The van der Waals surface area contributed by atoms with Crippen LogP contribution in [0.5, 0.6) is 0 Å². The fourth-order valence-electron chi connectivity index (χ4n) is 7.77. The van der Waals surface area contributed by atoms with Crippen LogP contribution in [-0.2, 0) is 14.3 Å². The molecule has 63 heavy (non-hydrogen) atoms. The summed E-state index contributed by atoms with van der Waals surface area (Å²) in [5.41, 5.74) is 0. The zero-order valence-electron chi connectivity index (χ0n) is 41.4. The lowest BCUT2D eigenvalue weighted by molar-refractivity contribution is -0.151. The summed E-state index contributed by atoms with van der Waals surface area (Å²) < 4.78 is 5.93. The molecular weight excluding hydrogens is 779 g/mol. The Bertz CT molecular complexity index is 1170. The van der Waals surface area contributed by atoms with Gasteiger partial charge in [0.1, 0.15) is 6.10 Å². The van der Waals surface area contributed by atoms with Gasteiger partial charge in [-0.3, -0.25) is 9.59 Å². The van der Waals surface area contributed by atoms with Gasteiger partial charge in [-0.05, 0) is 83.5 Å². The highest BCUT2D eigenvalue weighted by Crippen LogP contribution is 2.18. The minimum Gasteiger partial charge on any atom is -0.462 e. The van der Waals surface area contributed by atoms with Crippen molar-refractivity contribution in [3.05, 3.63) is 72.9 Å². The molecule has 0 spiro atoms. The van der Waals surface area contributed by atoms with Gasteiger partial charge in [0.25, 0.3) is 0 Å². The number of carbonyl (C=O) groups excluding carboxylic acids is 2. The largest absolute Gasteiger partial charge is 0.462 e. The molecule has 0 aliphatic carbocycles. The van der Waals surface area contributed by atoms with E-state index in [0.717, 1.165) is 96.3 Å². The molecule has 0 aliphatic heterocycles. The number of hydrogen-bond donors (Lipinski definition) is 3. The summed E-state index contributed by atoms with van der Waals surface area (Å²) in [5, 5.41) is 23.7. The zero-order chi connectivity index (χ0) is 45.9. The highest BCUT2D eigenvalue weighted by atomic mass is 16.5. The van der Waals surface area contributed by atoms with Crippen LogP contribution in [0.3, 0.4) is 0 Å². The molecule has 1 amide bonds. The lowest BCUT2D eigenvalue weighted by Gasteiger charge is -2.24. The molecule has 3 unspecified atom stereocenters. The van der Waals surface area contributed by atoms with Gasteiger partial charge in [-0.25, -0.2) is 0 Å². The number of aliphatic hydroxyl groups is 2. The summed E-state index contributed by atoms with van der Waals surface area (Å²) in [4.78, 5) is 26.2. The molecular formula is C57H101NO5. The van der Waals surface area contributed by atoms with E-state index in [2.05, 4.69) is 99.0 Å². The molecule has 0 aliphatic rings. The Hall–Kier alpha value is -2.70. The number of aliphatic hydroxyl groups excluding tert-OH is 2. The second kappa shape index (κ2) is 50.3. The number of carbonyl (C=O) groups is 2. The first-order chi connectivity index (χ1) is 31.0. The van der Waals surface area contributed by atoms with E-state index < -0.39 is 18.2 Å². The second-order valence-electron chi connectivity index (χ2n) is 18.0. The van der Waals surface area contributed by atoms with E-state index in [4.69, 9.17) is 4.74 Å². The number of ether oxygens (including phenoxy) is 1. The van der Waals surface area contributed by atoms with E-state index in [0.29, 0.717) is 19.3 Å². The van der Waals surface area contributed by atoms with Gasteiger partial charge in [-0.2, -0.15) is 0 Å². The second-order valence-corrected chi connectivity index (χ2v) is 18.0. The van der Waals surface area contributed by atoms with Crippen molar-refractivity contribution < 1.29 is 24.5 Å². The monoisotopic (exact) mass is 880 g/mol. The maximum atomic E-state index is 13.2. The first-order valence-corrected chi connectivity index (χ1v) is 26.7. The van der Waals surface area contributed by atoms with Crippen LogP contribution < -0.4 is 5.32 Å². The molecule has 0 radical (unpaired) electrons. The van der Waals surface area contributed by atoms with Crippen LogP contribution in [0.25, 0.3) is 0 Å². The zero-order valence-corrected chi connectivity index (χ0v) is 41.4. The molecule has 0 fully saturated rings. The number of hydrogen-bond acceptors (Lipinski definition) is 5. The van der Waals surface area contributed by atoms with Gasteiger partial charge >= 0.3 is 5.97 Å². The molecule has 0 aromatic heterocycles. The van der Waals surface area contributed by atoms with E-state index in [9.17, 15) is 19.8 Å². The number of rotatable bonds is 47. The van der Waals surface area contributed by atoms with Crippen molar-refractivity contribution in [1.82, 2.24) is 5.32 Å². The molecule has 3 N–H and O–H groups in total. The van der Waals surface area contributed by atoms with Gasteiger partial charge in [0.05, 0.1) is 25.2 Å². The van der Waals surface area contributed by atoms with E-state index in [1.165, 1.54) is 109 Å². The maximum absolute atomic E-state index is 13.2. The van der Waals surface area contributed by atoms with Crippen molar-refractivity contribution in [2.75, 3.05) is 6.61 Å². The fourth-order valence-corrected chi connectivity index (χ4v) is 7.77. The summed E-state index contributed by atoms with van der Waals surface area (Å²) in [5.74, 6) is -0.508. The molecule has 0 aromatic carbocycles. The highest BCUT2D eigenvalue weighted by molar-refractivity contribution is 5.77. The van der Waals surface area contributed by atoms with Gasteiger partial charge < -0.3 is 20.3 Å². The van der Waals surface area contributed by atoms with Gasteiger partial charge in [-0.15, -0.1) is 0 Å². The SMILES string of the molecule is CCCCC/C=C\C/C=C\CCCCCCCCCC(CC(=O)NC(CO)C(O)CCCCCCCCCCC)OC(=O)CCCCCCC/C=C/C=C/C=C/C=C/CCCCC. The molecule has 0 saturated carbocycles. The van der Waals surface area contributed by atoms with Crippen molar-refractivity contribution in [2.24, 2.45) is 0 Å². The topological polar surface area (TPSA) is 95.9 Å². The number of amides is 1. The van der Waals surface area contributed by atoms with Crippen LogP contribution >= 0.6 is 0 Å². The Morgan fingerprint density at radius 3 is 1.38 bits per heavy atom. The van der Waals surface area contributed by atoms with Crippen molar-refractivity contribution in [3.63, 3.8) is 0 Å². The number of esters is 1. The Kier molecular flexibility index (Phi) is 48.1. The number of allylic oxidation sites excluding steroid dienone is 12. The summed E-state index contributed by atoms with van der Waals surface area (Å²) in [6, 6.07) is -0.711. The van der Waals surface area contributed by atoms with Crippen molar-refractivity contribution in [3.8, 4) is 0 Å². The summed E-state index contributed by atoms with van der Waals surface area (Å²) in [7, 11) is 0. The lowest BCUT2D eigenvalue weighted by atomic mass is 10.0. The lowest BCUT2D eigenvalue weighted by Crippen LogP contribution is -2.46. The van der Waals surface area contributed by atoms with Gasteiger partial charge in [0, 0.05) is 6.42 Å².